The van der Waals surface area contributed by atoms with Gasteiger partial charge in [0.2, 0.25) is 0 Å². The second-order valence-corrected chi connectivity index (χ2v) is 5.72. The SMILES string of the molecule is Cc1cc(C)c(C(N)Cc2cc(C)ccc2C)c(F)c1. The van der Waals surface area contributed by atoms with Crippen LogP contribution in [0.2, 0.25) is 0 Å². The first-order chi connectivity index (χ1) is 9.38. The minimum Gasteiger partial charge on any atom is -0.324 e. The highest BCUT2D eigenvalue weighted by Crippen LogP contribution is 2.25. The van der Waals surface area contributed by atoms with Crippen molar-refractivity contribution in [2.24, 2.45) is 5.73 Å². The maximum atomic E-state index is 14.2. The van der Waals surface area contributed by atoms with E-state index in [1.54, 1.807) is 6.07 Å². The quantitative estimate of drug-likeness (QED) is 0.885. The van der Waals surface area contributed by atoms with E-state index >= 15 is 0 Å². The number of aryl methyl sites for hydroxylation is 4. The van der Waals surface area contributed by atoms with E-state index in [0.717, 1.165) is 11.1 Å². The molecule has 106 valence electrons. The molecule has 0 aliphatic heterocycles. The summed E-state index contributed by atoms with van der Waals surface area (Å²) >= 11 is 0. The lowest BCUT2D eigenvalue weighted by atomic mass is 9.92. The largest absolute Gasteiger partial charge is 0.324 e. The minimum absolute atomic E-state index is 0.194. The molecule has 0 aromatic heterocycles. The third kappa shape index (κ3) is 3.07. The summed E-state index contributed by atoms with van der Waals surface area (Å²) in [7, 11) is 0. The molecule has 1 atom stereocenters. The second kappa shape index (κ2) is 5.76. The van der Waals surface area contributed by atoms with Crippen LogP contribution in [0.25, 0.3) is 0 Å². The fraction of sp³-hybridized carbons (Fsp3) is 0.333. The molecular formula is C18H22FN. The predicted molar refractivity (Wildman–Crippen MR) is 82.4 cm³/mol. The summed E-state index contributed by atoms with van der Waals surface area (Å²) in [6, 6.07) is 9.55. The molecule has 2 heteroatoms. The van der Waals surface area contributed by atoms with E-state index in [0.29, 0.717) is 12.0 Å². The molecule has 1 nitrogen and oxygen atoms in total. The highest BCUT2D eigenvalue weighted by atomic mass is 19.1. The van der Waals surface area contributed by atoms with Gasteiger partial charge in [0.05, 0.1) is 0 Å². The zero-order valence-electron chi connectivity index (χ0n) is 12.6. The summed E-state index contributed by atoms with van der Waals surface area (Å²) < 4.78 is 14.2. The van der Waals surface area contributed by atoms with Gasteiger partial charge in [-0.1, -0.05) is 29.8 Å². The van der Waals surface area contributed by atoms with Crippen LogP contribution in [0, 0.1) is 33.5 Å². The van der Waals surface area contributed by atoms with Crippen LogP contribution in [0.15, 0.2) is 30.3 Å². The van der Waals surface area contributed by atoms with Crippen molar-refractivity contribution in [1.29, 1.82) is 0 Å². The first kappa shape index (κ1) is 14.7. The third-order valence-electron chi connectivity index (χ3n) is 3.80. The molecule has 1 unspecified atom stereocenters. The molecule has 2 rings (SSSR count). The number of nitrogens with two attached hydrogens (primary N) is 1. The van der Waals surface area contributed by atoms with Crippen LogP contribution in [0.3, 0.4) is 0 Å². The standard InChI is InChI=1S/C18H22FN/c1-11-5-6-13(3)15(8-11)10-17(20)18-14(4)7-12(2)9-16(18)19/h5-9,17H,10,20H2,1-4H3. The second-order valence-electron chi connectivity index (χ2n) is 5.72. The molecule has 0 spiro atoms. The Bertz CT molecular complexity index is 608. The van der Waals surface area contributed by atoms with E-state index in [1.807, 2.05) is 19.9 Å². The molecule has 2 N–H and O–H groups in total. The van der Waals surface area contributed by atoms with Crippen molar-refractivity contribution < 1.29 is 4.39 Å². The van der Waals surface area contributed by atoms with Gasteiger partial charge in [-0.15, -0.1) is 0 Å². The highest BCUT2D eigenvalue weighted by molar-refractivity contribution is 5.37. The number of halogens is 1. The Kier molecular flexibility index (Phi) is 4.24. The molecule has 0 amide bonds. The van der Waals surface area contributed by atoms with E-state index in [4.69, 9.17) is 5.73 Å². The van der Waals surface area contributed by atoms with Crippen LogP contribution in [-0.4, -0.2) is 0 Å². The normalized spacial score (nSPS) is 12.5. The zero-order valence-corrected chi connectivity index (χ0v) is 12.6. The van der Waals surface area contributed by atoms with Crippen molar-refractivity contribution in [2.45, 2.75) is 40.2 Å². The van der Waals surface area contributed by atoms with Crippen LogP contribution in [0.4, 0.5) is 4.39 Å². The van der Waals surface area contributed by atoms with Crippen molar-refractivity contribution >= 4 is 0 Å². The average molecular weight is 271 g/mol. The lowest BCUT2D eigenvalue weighted by Crippen LogP contribution is -2.17. The summed E-state index contributed by atoms with van der Waals surface area (Å²) in [6.07, 6.45) is 0.661. The lowest BCUT2D eigenvalue weighted by Gasteiger charge is -2.18. The van der Waals surface area contributed by atoms with Crippen LogP contribution >= 0.6 is 0 Å². The molecule has 0 radical (unpaired) electrons. The van der Waals surface area contributed by atoms with Crippen molar-refractivity contribution in [3.8, 4) is 0 Å². The minimum atomic E-state index is -0.309. The first-order valence-corrected chi connectivity index (χ1v) is 6.97. The Balaban J connectivity index is 2.33. The topological polar surface area (TPSA) is 26.0 Å². The van der Waals surface area contributed by atoms with Gasteiger partial charge >= 0.3 is 0 Å². The number of hydrogen-bond donors (Lipinski definition) is 1. The fourth-order valence-electron chi connectivity index (χ4n) is 2.76. The number of benzene rings is 2. The number of hydrogen-bond acceptors (Lipinski definition) is 1. The molecule has 20 heavy (non-hydrogen) atoms. The smallest absolute Gasteiger partial charge is 0.128 e. The molecule has 0 fully saturated rings. The van der Waals surface area contributed by atoms with E-state index in [2.05, 4.69) is 32.0 Å². The Morgan fingerprint density at radius 1 is 0.950 bits per heavy atom. The average Bonchev–Trinajstić information content (AvgIpc) is 2.32. The molecular weight excluding hydrogens is 249 g/mol. The summed E-state index contributed by atoms with van der Waals surface area (Å²) in [5.74, 6) is -0.194. The highest BCUT2D eigenvalue weighted by Gasteiger charge is 2.16. The molecule has 0 saturated heterocycles. The summed E-state index contributed by atoms with van der Waals surface area (Å²) in [4.78, 5) is 0. The van der Waals surface area contributed by atoms with Gasteiger partial charge in [0, 0.05) is 11.6 Å². The van der Waals surface area contributed by atoms with Gasteiger partial charge in [-0.2, -0.15) is 0 Å². The number of rotatable bonds is 3. The van der Waals surface area contributed by atoms with Crippen LogP contribution in [-0.2, 0) is 6.42 Å². The molecule has 2 aromatic rings. The molecule has 0 heterocycles. The maximum Gasteiger partial charge on any atom is 0.128 e. The Morgan fingerprint density at radius 3 is 2.30 bits per heavy atom. The maximum absolute atomic E-state index is 14.2. The van der Waals surface area contributed by atoms with Crippen molar-refractivity contribution in [3.05, 3.63) is 69.5 Å². The molecule has 0 aliphatic rings. The Hall–Kier alpha value is -1.67. The van der Waals surface area contributed by atoms with Gasteiger partial charge in [-0.3, -0.25) is 0 Å². The summed E-state index contributed by atoms with van der Waals surface area (Å²) in [5, 5.41) is 0. The van der Waals surface area contributed by atoms with Crippen LogP contribution < -0.4 is 5.73 Å². The predicted octanol–water partition coefficient (Wildman–Crippen LogP) is 4.30. The van der Waals surface area contributed by atoms with E-state index in [9.17, 15) is 4.39 Å². The lowest BCUT2D eigenvalue weighted by molar-refractivity contribution is 0.576. The Labute approximate surface area is 120 Å². The molecule has 0 aliphatic carbocycles. The summed E-state index contributed by atoms with van der Waals surface area (Å²) in [5.41, 5.74) is 12.4. The van der Waals surface area contributed by atoms with Gasteiger partial charge < -0.3 is 5.73 Å². The van der Waals surface area contributed by atoms with E-state index in [-0.39, 0.29) is 11.9 Å². The monoisotopic (exact) mass is 271 g/mol. The van der Waals surface area contributed by atoms with Gasteiger partial charge in [0.15, 0.2) is 0 Å². The fourth-order valence-corrected chi connectivity index (χ4v) is 2.76. The molecule has 0 bridgehead atoms. The van der Waals surface area contributed by atoms with Crippen LogP contribution in [0.1, 0.15) is 39.4 Å². The van der Waals surface area contributed by atoms with E-state index < -0.39 is 0 Å². The Morgan fingerprint density at radius 2 is 1.65 bits per heavy atom. The zero-order chi connectivity index (χ0) is 14.9. The first-order valence-electron chi connectivity index (χ1n) is 6.97. The van der Waals surface area contributed by atoms with Gasteiger partial charge in [-0.05, 0) is 62.4 Å². The summed E-state index contributed by atoms with van der Waals surface area (Å²) in [6.45, 7) is 7.95. The third-order valence-corrected chi connectivity index (χ3v) is 3.80. The molecule has 2 aromatic carbocycles. The van der Waals surface area contributed by atoms with Crippen molar-refractivity contribution in [2.75, 3.05) is 0 Å². The van der Waals surface area contributed by atoms with Crippen molar-refractivity contribution in [1.82, 2.24) is 0 Å². The van der Waals surface area contributed by atoms with Gasteiger partial charge in [0.25, 0.3) is 0 Å². The van der Waals surface area contributed by atoms with Gasteiger partial charge in [0.1, 0.15) is 5.82 Å². The van der Waals surface area contributed by atoms with E-state index in [1.165, 1.54) is 16.7 Å². The van der Waals surface area contributed by atoms with Crippen molar-refractivity contribution in [3.63, 3.8) is 0 Å². The van der Waals surface area contributed by atoms with Gasteiger partial charge in [-0.25, -0.2) is 4.39 Å². The molecule has 0 saturated carbocycles. The van der Waals surface area contributed by atoms with Crippen LogP contribution in [0.5, 0.6) is 0 Å².